The van der Waals surface area contributed by atoms with Crippen molar-refractivity contribution in [2.75, 3.05) is 6.61 Å². The third kappa shape index (κ3) is 8.38. The summed E-state index contributed by atoms with van der Waals surface area (Å²) in [6.45, 7) is 7.38. The minimum Gasteiger partial charge on any atom is -0.493 e. The van der Waals surface area contributed by atoms with Gasteiger partial charge in [-0.05, 0) is 60.7 Å². The first-order valence-corrected chi connectivity index (χ1v) is 10.4. The Morgan fingerprint density at radius 2 is 1.37 bits per heavy atom. The van der Waals surface area contributed by atoms with Gasteiger partial charge in [-0.3, -0.25) is 0 Å². The fraction of sp³-hybridized carbons (Fsp3) is 0.500. The van der Waals surface area contributed by atoms with Crippen LogP contribution in [0.3, 0.4) is 0 Å². The summed E-state index contributed by atoms with van der Waals surface area (Å²) in [4.78, 5) is 0. The molecular formula is C24H34N2O. The van der Waals surface area contributed by atoms with Gasteiger partial charge >= 0.3 is 0 Å². The molecule has 0 heterocycles. The molecule has 3 nitrogen and oxygen atoms in total. The van der Waals surface area contributed by atoms with Crippen LogP contribution in [0.1, 0.15) is 64.9 Å². The molecule has 0 spiro atoms. The third-order valence-electron chi connectivity index (χ3n) is 4.85. The summed E-state index contributed by atoms with van der Waals surface area (Å²) in [7, 11) is 0. The average molecular weight is 367 g/mol. The van der Waals surface area contributed by atoms with Gasteiger partial charge in [-0.1, -0.05) is 65.0 Å². The molecule has 2 aromatic rings. The highest BCUT2D eigenvalue weighted by molar-refractivity contribution is 5.43. The van der Waals surface area contributed by atoms with Crippen molar-refractivity contribution in [3.63, 3.8) is 0 Å². The fourth-order valence-corrected chi connectivity index (χ4v) is 2.74. The lowest BCUT2D eigenvalue weighted by Gasteiger charge is -2.10. The molecule has 146 valence electrons. The van der Waals surface area contributed by atoms with Gasteiger partial charge in [0, 0.05) is 0 Å². The van der Waals surface area contributed by atoms with E-state index >= 15 is 0 Å². The molecule has 0 aliphatic heterocycles. The second-order valence-electron chi connectivity index (χ2n) is 7.35. The van der Waals surface area contributed by atoms with Gasteiger partial charge in [0.1, 0.15) is 5.75 Å². The first kappa shape index (κ1) is 21.1. The van der Waals surface area contributed by atoms with Crippen LogP contribution in [0.2, 0.25) is 0 Å². The number of benzene rings is 2. The van der Waals surface area contributed by atoms with E-state index in [-0.39, 0.29) is 0 Å². The van der Waals surface area contributed by atoms with Gasteiger partial charge in [0.25, 0.3) is 0 Å². The first-order valence-electron chi connectivity index (χ1n) is 10.4. The molecule has 1 atom stereocenters. The minimum atomic E-state index is 0.573. The summed E-state index contributed by atoms with van der Waals surface area (Å²) in [6, 6.07) is 16.2. The van der Waals surface area contributed by atoms with Gasteiger partial charge in [-0.2, -0.15) is 10.2 Å². The molecule has 2 aromatic carbocycles. The lowest BCUT2D eigenvalue weighted by molar-refractivity contribution is 0.256. The second kappa shape index (κ2) is 12.3. The van der Waals surface area contributed by atoms with Crippen molar-refractivity contribution in [2.45, 2.75) is 65.7 Å². The highest BCUT2D eigenvalue weighted by atomic mass is 16.5. The van der Waals surface area contributed by atoms with E-state index in [9.17, 15) is 0 Å². The zero-order valence-corrected chi connectivity index (χ0v) is 17.2. The molecule has 0 N–H and O–H groups in total. The second-order valence-corrected chi connectivity index (χ2v) is 7.35. The Morgan fingerprint density at radius 1 is 0.778 bits per heavy atom. The predicted molar refractivity (Wildman–Crippen MR) is 114 cm³/mol. The van der Waals surface area contributed by atoms with Gasteiger partial charge < -0.3 is 4.74 Å². The lowest BCUT2D eigenvalue weighted by Crippen LogP contribution is -2.06. The number of nitrogens with zero attached hydrogens (tertiary/aromatic N) is 2. The monoisotopic (exact) mass is 366 g/mol. The molecular weight excluding hydrogens is 332 g/mol. The topological polar surface area (TPSA) is 34.0 Å². The Balaban J connectivity index is 1.79. The van der Waals surface area contributed by atoms with E-state index < -0.39 is 0 Å². The summed E-state index contributed by atoms with van der Waals surface area (Å²) in [5.41, 5.74) is 3.11. The van der Waals surface area contributed by atoms with Crippen LogP contribution in [0.15, 0.2) is 58.8 Å². The minimum absolute atomic E-state index is 0.573. The Morgan fingerprint density at radius 3 is 1.96 bits per heavy atom. The van der Waals surface area contributed by atoms with E-state index in [4.69, 9.17) is 4.74 Å². The Hall–Kier alpha value is -2.16. The molecule has 0 aliphatic carbocycles. The van der Waals surface area contributed by atoms with Crippen molar-refractivity contribution in [2.24, 2.45) is 16.1 Å². The maximum absolute atomic E-state index is 5.77. The van der Waals surface area contributed by atoms with Gasteiger partial charge in [0.2, 0.25) is 0 Å². The number of ether oxygens (including phenoxy) is 1. The summed E-state index contributed by atoms with van der Waals surface area (Å²) in [5, 5.41) is 8.66. The summed E-state index contributed by atoms with van der Waals surface area (Å²) in [6.07, 6.45) is 8.88. The van der Waals surface area contributed by atoms with E-state index in [0.29, 0.717) is 5.92 Å². The van der Waals surface area contributed by atoms with Crippen LogP contribution in [0, 0.1) is 5.92 Å². The number of rotatable bonds is 12. The summed E-state index contributed by atoms with van der Waals surface area (Å²) in [5.74, 6) is 1.46. The van der Waals surface area contributed by atoms with E-state index in [1.807, 2.05) is 24.3 Å². The molecule has 0 unspecified atom stereocenters. The molecule has 0 saturated carbocycles. The molecule has 0 amide bonds. The molecule has 2 rings (SSSR count). The summed E-state index contributed by atoms with van der Waals surface area (Å²) >= 11 is 0. The van der Waals surface area contributed by atoms with Crippen LogP contribution < -0.4 is 4.74 Å². The number of unbranched alkanes of at least 4 members (excludes halogenated alkanes) is 4. The van der Waals surface area contributed by atoms with Crippen molar-refractivity contribution in [1.29, 1.82) is 0 Å². The molecule has 0 fully saturated rings. The lowest BCUT2D eigenvalue weighted by atomic mass is 10.1. The van der Waals surface area contributed by atoms with Crippen LogP contribution in [-0.4, -0.2) is 6.61 Å². The SMILES string of the molecule is CCCCCCCc1ccc(N=Nc2ccc(OC[C@@H](C)CC)cc2)cc1. The molecule has 0 bridgehead atoms. The molecule has 0 saturated heterocycles. The van der Waals surface area contributed by atoms with Crippen molar-refractivity contribution in [1.82, 2.24) is 0 Å². The highest BCUT2D eigenvalue weighted by Crippen LogP contribution is 2.22. The number of hydrogen-bond acceptors (Lipinski definition) is 3. The normalized spacial score (nSPS) is 12.4. The summed E-state index contributed by atoms with van der Waals surface area (Å²) < 4.78 is 5.77. The Bertz CT molecular complexity index is 662. The van der Waals surface area contributed by atoms with Crippen LogP contribution in [0.4, 0.5) is 11.4 Å². The molecule has 3 heteroatoms. The third-order valence-corrected chi connectivity index (χ3v) is 4.85. The van der Waals surface area contributed by atoms with Crippen LogP contribution in [-0.2, 0) is 6.42 Å². The predicted octanol–water partition coefficient (Wildman–Crippen LogP) is 8.04. The first-order chi connectivity index (χ1) is 13.2. The largest absolute Gasteiger partial charge is 0.493 e. The van der Waals surface area contributed by atoms with E-state index in [1.54, 1.807) is 0 Å². The Labute approximate surface area is 164 Å². The van der Waals surface area contributed by atoms with E-state index in [1.165, 1.54) is 37.7 Å². The maximum atomic E-state index is 5.77. The molecule has 0 aliphatic rings. The van der Waals surface area contributed by atoms with Crippen LogP contribution in [0.5, 0.6) is 5.75 Å². The van der Waals surface area contributed by atoms with Gasteiger partial charge in [0.15, 0.2) is 0 Å². The highest BCUT2D eigenvalue weighted by Gasteiger charge is 2.00. The van der Waals surface area contributed by atoms with Crippen molar-refractivity contribution in [3.8, 4) is 5.75 Å². The van der Waals surface area contributed by atoms with Crippen molar-refractivity contribution < 1.29 is 4.74 Å². The zero-order chi connectivity index (χ0) is 19.3. The number of aryl methyl sites for hydroxylation is 1. The zero-order valence-electron chi connectivity index (χ0n) is 17.2. The number of azo groups is 1. The molecule has 0 aromatic heterocycles. The van der Waals surface area contributed by atoms with Gasteiger partial charge in [-0.15, -0.1) is 0 Å². The fourth-order valence-electron chi connectivity index (χ4n) is 2.74. The Kier molecular flexibility index (Phi) is 9.61. The van der Waals surface area contributed by atoms with Crippen LogP contribution >= 0.6 is 0 Å². The van der Waals surface area contributed by atoms with Crippen molar-refractivity contribution in [3.05, 3.63) is 54.1 Å². The van der Waals surface area contributed by atoms with Gasteiger partial charge in [0.05, 0.1) is 18.0 Å². The van der Waals surface area contributed by atoms with Crippen LogP contribution in [0.25, 0.3) is 0 Å². The van der Waals surface area contributed by atoms with Crippen molar-refractivity contribution >= 4 is 11.4 Å². The van der Waals surface area contributed by atoms with E-state index in [0.717, 1.165) is 36.6 Å². The van der Waals surface area contributed by atoms with E-state index in [2.05, 4.69) is 55.3 Å². The smallest absolute Gasteiger partial charge is 0.119 e. The average Bonchev–Trinajstić information content (AvgIpc) is 2.72. The molecule has 27 heavy (non-hydrogen) atoms. The molecule has 0 radical (unpaired) electrons. The standard InChI is InChI=1S/C24H34N2O/c1-4-6-7-8-9-10-21-11-13-22(14-12-21)25-26-23-15-17-24(18-16-23)27-19-20(3)5-2/h11-18,20H,4-10,19H2,1-3H3/t20-/m0/s1. The maximum Gasteiger partial charge on any atom is 0.119 e. The quantitative estimate of drug-likeness (QED) is 0.276. The van der Waals surface area contributed by atoms with Gasteiger partial charge in [-0.25, -0.2) is 0 Å². The number of hydrogen-bond donors (Lipinski definition) is 0.